The van der Waals surface area contributed by atoms with E-state index in [1.54, 1.807) is 18.4 Å². The maximum Gasteiger partial charge on any atom is 0.125 e. The molecule has 0 aliphatic carbocycles. The molecule has 0 radical (unpaired) electrons. The van der Waals surface area contributed by atoms with Gasteiger partial charge in [0.25, 0.3) is 0 Å². The first kappa shape index (κ1) is 15.9. The molecule has 5 heteroatoms. The molecule has 0 bridgehead atoms. The molecule has 1 fully saturated rings. The van der Waals surface area contributed by atoms with Crippen molar-refractivity contribution in [3.63, 3.8) is 0 Å². The van der Waals surface area contributed by atoms with Gasteiger partial charge in [0.2, 0.25) is 0 Å². The lowest BCUT2D eigenvalue weighted by molar-refractivity contribution is -0.0948. The molecule has 1 aliphatic heterocycles. The molecule has 2 rings (SSSR count). The van der Waals surface area contributed by atoms with Gasteiger partial charge in [0.1, 0.15) is 10.6 Å². The van der Waals surface area contributed by atoms with E-state index >= 15 is 0 Å². The van der Waals surface area contributed by atoms with E-state index in [2.05, 4.69) is 26.1 Å². The van der Waals surface area contributed by atoms with Crippen molar-refractivity contribution in [3.8, 4) is 0 Å². The summed E-state index contributed by atoms with van der Waals surface area (Å²) in [6.07, 6.45) is 1.80. The SMILES string of the molecule is COC1(c2nc(C)c(CNCC(C)C)s2)CCOCC1. The van der Waals surface area contributed by atoms with Gasteiger partial charge in [-0.25, -0.2) is 4.98 Å². The molecule has 4 nitrogen and oxygen atoms in total. The minimum absolute atomic E-state index is 0.232. The Morgan fingerprint density at radius 2 is 2.10 bits per heavy atom. The van der Waals surface area contributed by atoms with E-state index in [1.165, 1.54) is 4.88 Å². The molecular weight excluding hydrogens is 272 g/mol. The van der Waals surface area contributed by atoms with E-state index in [1.807, 2.05) is 0 Å². The van der Waals surface area contributed by atoms with Crippen LogP contribution in [0.1, 0.15) is 42.3 Å². The normalized spacial score (nSPS) is 18.6. The highest BCUT2D eigenvalue weighted by atomic mass is 32.1. The van der Waals surface area contributed by atoms with Gasteiger partial charge in [-0.1, -0.05) is 13.8 Å². The number of rotatable bonds is 6. The molecule has 0 saturated carbocycles. The van der Waals surface area contributed by atoms with Crippen LogP contribution in [-0.2, 0) is 21.6 Å². The number of aromatic nitrogens is 1. The number of thiazole rings is 1. The van der Waals surface area contributed by atoms with Crippen molar-refractivity contribution < 1.29 is 9.47 Å². The Balaban J connectivity index is 2.08. The Labute approximate surface area is 125 Å². The summed E-state index contributed by atoms with van der Waals surface area (Å²) in [5.74, 6) is 0.670. The fourth-order valence-electron chi connectivity index (χ4n) is 2.47. The molecule has 0 spiro atoms. The first-order valence-electron chi connectivity index (χ1n) is 7.38. The van der Waals surface area contributed by atoms with Crippen LogP contribution >= 0.6 is 11.3 Å². The summed E-state index contributed by atoms with van der Waals surface area (Å²) < 4.78 is 11.3. The van der Waals surface area contributed by atoms with Crippen molar-refractivity contribution in [1.82, 2.24) is 10.3 Å². The number of hydrogen-bond donors (Lipinski definition) is 1. The summed E-state index contributed by atoms with van der Waals surface area (Å²) >= 11 is 1.79. The molecule has 0 unspecified atom stereocenters. The monoisotopic (exact) mass is 298 g/mol. The Morgan fingerprint density at radius 1 is 1.40 bits per heavy atom. The van der Waals surface area contributed by atoms with E-state index in [-0.39, 0.29) is 5.60 Å². The maximum atomic E-state index is 5.82. The van der Waals surface area contributed by atoms with E-state index in [0.717, 1.165) is 49.8 Å². The van der Waals surface area contributed by atoms with Crippen molar-refractivity contribution in [2.24, 2.45) is 5.92 Å². The average Bonchev–Trinajstić information content (AvgIpc) is 2.81. The van der Waals surface area contributed by atoms with Crippen LogP contribution in [0.2, 0.25) is 0 Å². The Morgan fingerprint density at radius 3 is 2.70 bits per heavy atom. The first-order chi connectivity index (χ1) is 9.57. The summed E-state index contributed by atoms with van der Waals surface area (Å²) in [6.45, 7) is 9.99. The van der Waals surface area contributed by atoms with E-state index in [9.17, 15) is 0 Å². The van der Waals surface area contributed by atoms with Crippen LogP contribution in [0.15, 0.2) is 0 Å². The predicted molar refractivity (Wildman–Crippen MR) is 82.1 cm³/mol. The molecule has 1 aromatic rings. The number of ether oxygens (including phenoxy) is 2. The molecule has 1 aromatic heterocycles. The van der Waals surface area contributed by atoms with Gasteiger partial charge in [0, 0.05) is 44.6 Å². The standard InChI is InChI=1S/C15H26N2O2S/c1-11(2)9-16-10-13-12(3)17-14(20-13)15(18-4)5-7-19-8-6-15/h11,16H,5-10H2,1-4H3. The summed E-state index contributed by atoms with van der Waals surface area (Å²) in [6, 6.07) is 0. The molecule has 20 heavy (non-hydrogen) atoms. The minimum atomic E-state index is -0.232. The van der Waals surface area contributed by atoms with Crippen LogP contribution in [0, 0.1) is 12.8 Å². The number of nitrogens with one attached hydrogen (secondary N) is 1. The largest absolute Gasteiger partial charge is 0.381 e. The lowest BCUT2D eigenvalue weighted by Crippen LogP contribution is -2.35. The third-order valence-corrected chi connectivity index (χ3v) is 5.15. The van der Waals surface area contributed by atoms with Crippen molar-refractivity contribution in [2.45, 2.75) is 45.8 Å². The van der Waals surface area contributed by atoms with Gasteiger partial charge in [-0.3, -0.25) is 0 Å². The van der Waals surface area contributed by atoms with E-state index in [0.29, 0.717) is 5.92 Å². The van der Waals surface area contributed by atoms with Gasteiger partial charge < -0.3 is 14.8 Å². The van der Waals surface area contributed by atoms with Crippen molar-refractivity contribution >= 4 is 11.3 Å². The molecule has 1 aliphatic rings. The Hall–Kier alpha value is -0.490. The molecular formula is C15H26N2O2S. The van der Waals surface area contributed by atoms with E-state index in [4.69, 9.17) is 14.5 Å². The highest BCUT2D eigenvalue weighted by Gasteiger charge is 2.37. The topological polar surface area (TPSA) is 43.4 Å². The van der Waals surface area contributed by atoms with Crippen LogP contribution in [0.4, 0.5) is 0 Å². The van der Waals surface area contributed by atoms with Crippen LogP contribution in [0.25, 0.3) is 0 Å². The van der Waals surface area contributed by atoms with Crippen molar-refractivity contribution in [3.05, 3.63) is 15.6 Å². The third-order valence-electron chi connectivity index (χ3n) is 3.81. The lowest BCUT2D eigenvalue weighted by Gasteiger charge is -2.33. The van der Waals surface area contributed by atoms with Gasteiger partial charge in [-0.05, 0) is 19.4 Å². The second-order valence-electron chi connectivity index (χ2n) is 5.86. The highest BCUT2D eigenvalue weighted by Crippen LogP contribution is 2.38. The summed E-state index contributed by atoms with van der Waals surface area (Å²) in [5.41, 5.74) is 0.897. The van der Waals surface area contributed by atoms with Gasteiger partial charge in [-0.2, -0.15) is 0 Å². The average molecular weight is 298 g/mol. The van der Waals surface area contributed by atoms with Gasteiger partial charge in [-0.15, -0.1) is 11.3 Å². The predicted octanol–water partition coefficient (Wildman–Crippen LogP) is 2.85. The summed E-state index contributed by atoms with van der Waals surface area (Å²) in [5, 5.41) is 4.61. The molecule has 1 saturated heterocycles. The van der Waals surface area contributed by atoms with E-state index < -0.39 is 0 Å². The quantitative estimate of drug-likeness (QED) is 0.877. The van der Waals surface area contributed by atoms with Crippen LogP contribution in [0.5, 0.6) is 0 Å². The number of hydrogen-bond acceptors (Lipinski definition) is 5. The smallest absolute Gasteiger partial charge is 0.125 e. The van der Waals surface area contributed by atoms with Crippen LogP contribution in [0.3, 0.4) is 0 Å². The zero-order valence-corrected chi connectivity index (χ0v) is 13.8. The minimum Gasteiger partial charge on any atom is -0.381 e. The number of methoxy groups -OCH3 is 1. The third kappa shape index (κ3) is 3.58. The number of aryl methyl sites for hydroxylation is 1. The molecule has 2 heterocycles. The second-order valence-corrected chi connectivity index (χ2v) is 6.95. The molecule has 0 atom stereocenters. The summed E-state index contributed by atoms with van der Waals surface area (Å²) in [4.78, 5) is 6.10. The Bertz CT molecular complexity index is 426. The van der Waals surface area contributed by atoms with Gasteiger partial charge in [0.15, 0.2) is 0 Å². The zero-order chi connectivity index (χ0) is 14.6. The molecule has 114 valence electrons. The Kier molecular flexibility index (Phi) is 5.55. The van der Waals surface area contributed by atoms with Crippen LogP contribution in [-0.4, -0.2) is 31.9 Å². The molecule has 0 aromatic carbocycles. The molecule has 1 N–H and O–H groups in total. The molecule has 0 amide bonds. The highest BCUT2D eigenvalue weighted by molar-refractivity contribution is 7.11. The maximum absolute atomic E-state index is 5.82. The second kappa shape index (κ2) is 6.98. The lowest BCUT2D eigenvalue weighted by atomic mass is 9.95. The summed E-state index contributed by atoms with van der Waals surface area (Å²) in [7, 11) is 1.79. The fourth-order valence-corrected chi connectivity index (χ4v) is 3.72. The van der Waals surface area contributed by atoms with Crippen molar-refractivity contribution in [2.75, 3.05) is 26.9 Å². The fraction of sp³-hybridized carbons (Fsp3) is 0.800. The van der Waals surface area contributed by atoms with Gasteiger partial charge in [0.05, 0.1) is 5.69 Å². The zero-order valence-electron chi connectivity index (χ0n) is 13.0. The van der Waals surface area contributed by atoms with Crippen LogP contribution < -0.4 is 5.32 Å². The first-order valence-corrected chi connectivity index (χ1v) is 8.19. The van der Waals surface area contributed by atoms with Crippen molar-refractivity contribution in [1.29, 1.82) is 0 Å². The number of nitrogens with zero attached hydrogens (tertiary/aromatic N) is 1. The van der Waals surface area contributed by atoms with Gasteiger partial charge >= 0.3 is 0 Å².